The maximum Gasteiger partial charge on any atom is 0.262 e. The van der Waals surface area contributed by atoms with Crippen LogP contribution in [0.5, 0.6) is 5.75 Å². The number of nitrogens with zero attached hydrogens (tertiary/aromatic N) is 5. The van der Waals surface area contributed by atoms with Gasteiger partial charge < -0.3 is 10.0 Å². The molecular formula is C45H42N6O5. The van der Waals surface area contributed by atoms with Crippen molar-refractivity contribution in [3.63, 3.8) is 0 Å². The highest BCUT2D eigenvalue weighted by Crippen LogP contribution is 2.42. The van der Waals surface area contributed by atoms with Gasteiger partial charge in [0.1, 0.15) is 11.8 Å². The number of piperidine rings is 1. The first-order valence-electron chi connectivity index (χ1n) is 19.4. The number of fused-ring (bicyclic) bond motifs is 2. The molecule has 56 heavy (non-hydrogen) atoms. The molecule has 2 N–H and O–H groups in total. The summed E-state index contributed by atoms with van der Waals surface area (Å²) in [6.07, 6.45) is 7.04. The maximum absolute atomic E-state index is 13.3. The highest BCUT2D eigenvalue weighted by molar-refractivity contribution is 6.23. The molecule has 2 fully saturated rings. The van der Waals surface area contributed by atoms with Gasteiger partial charge in [0.05, 0.1) is 17.3 Å². The molecular weight excluding hydrogens is 705 g/mol. The van der Waals surface area contributed by atoms with Gasteiger partial charge in [0.25, 0.3) is 11.8 Å². The molecule has 11 nitrogen and oxygen atoms in total. The Morgan fingerprint density at radius 3 is 2.23 bits per heavy atom. The summed E-state index contributed by atoms with van der Waals surface area (Å²) >= 11 is 0. The number of aryl methyl sites for hydroxylation is 2. The van der Waals surface area contributed by atoms with Gasteiger partial charge in [0.2, 0.25) is 11.8 Å². The van der Waals surface area contributed by atoms with E-state index in [1.165, 1.54) is 27.8 Å². The Kier molecular flexibility index (Phi) is 9.30. The Hall–Kier alpha value is -6.33. The lowest BCUT2D eigenvalue weighted by Gasteiger charge is -2.36. The van der Waals surface area contributed by atoms with Crippen molar-refractivity contribution in [1.29, 1.82) is 0 Å². The monoisotopic (exact) mass is 746 g/mol. The zero-order valence-electron chi connectivity index (χ0n) is 31.0. The lowest BCUT2D eigenvalue weighted by molar-refractivity contribution is -0.136. The van der Waals surface area contributed by atoms with Crippen LogP contribution in [0.4, 0.5) is 5.69 Å². The van der Waals surface area contributed by atoms with Crippen LogP contribution in [0, 0.1) is 0 Å². The summed E-state index contributed by atoms with van der Waals surface area (Å²) in [5.41, 5.74) is 10.9. The molecule has 0 saturated carbocycles. The van der Waals surface area contributed by atoms with Gasteiger partial charge in [0, 0.05) is 63.1 Å². The summed E-state index contributed by atoms with van der Waals surface area (Å²) in [7, 11) is 0. The second kappa shape index (κ2) is 14.7. The van der Waals surface area contributed by atoms with E-state index in [1.54, 1.807) is 18.2 Å². The van der Waals surface area contributed by atoms with E-state index in [-0.39, 0.29) is 18.7 Å². The van der Waals surface area contributed by atoms with Crippen LogP contribution >= 0.6 is 0 Å². The van der Waals surface area contributed by atoms with Crippen molar-refractivity contribution in [2.24, 2.45) is 0 Å². The molecule has 3 aliphatic heterocycles. The number of imide groups is 2. The minimum absolute atomic E-state index is 0.0947. The van der Waals surface area contributed by atoms with E-state index in [4.69, 9.17) is 0 Å². The van der Waals surface area contributed by atoms with Crippen LogP contribution in [-0.4, -0.2) is 87.1 Å². The fraction of sp³-hybridized carbons (Fsp3) is 0.267. The molecule has 0 spiro atoms. The van der Waals surface area contributed by atoms with E-state index in [1.807, 2.05) is 35.1 Å². The van der Waals surface area contributed by atoms with Crippen molar-refractivity contribution in [3.8, 4) is 16.9 Å². The number of hydrogen-bond acceptors (Lipinski definition) is 8. The number of amides is 4. The third kappa shape index (κ3) is 6.68. The van der Waals surface area contributed by atoms with E-state index in [0.29, 0.717) is 16.9 Å². The first kappa shape index (κ1) is 35.4. The number of rotatable bonds is 9. The van der Waals surface area contributed by atoms with Crippen molar-refractivity contribution in [2.45, 2.75) is 44.7 Å². The second-order valence-electron chi connectivity index (χ2n) is 15.0. The Morgan fingerprint density at radius 2 is 1.45 bits per heavy atom. The van der Waals surface area contributed by atoms with Gasteiger partial charge in [-0.05, 0) is 95.0 Å². The SMILES string of the molecule is O=C1CCC(N2C(=O)c3ccc(N4CCN(CCCn5cc(-c6ccc(C7=C(c8ccccc8)CCc8cc(O)ccc87)cc6)cn5)CC4)cc3C2=O)C(=O)N1. The number of hydrogen-bond donors (Lipinski definition) is 2. The van der Waals surface area contributed by atoms with Gasteiger partial charge in [0.15, 0.2) is 0 Å². The Morgan fingerprint density at radius 1 is 0.696 bits per heavy atom. The minimum atomic E-state index is -0.970. The molecule has 1 atom stereocenters. The molecule has 5 aromatic rings. The van der Waals surface area contributed by atoms with E-state index in [9.17, 15) is 24.3 Å². The lowest BCUT2D eigenvalue weighted by atomic mass is 9.79. The van der Waals surface area contributed by atoms with Gasteiger partial charge in [-0.1, -0.05) is 60.7 Å². The normalized spacial score (nSPS) is 18.7. The first-order chi connectivity index (χ1) is 27.3. The smallest absolute Gasteiger partial charge is 0.262 e. The number of carbonyl (C=O) groups is 4. The zero-order chi connectivity index (χ0) is 38.3. The second-order valence-corrected chi connectivity index (χ2v) is 15.0. The average molecular weight is 747 g/mol. The van der Waals surface area contributed by atoms with E-state index >= 15 is 0 Å². The van der Waals surface area contributed by atoms with Gasteiger partial charge in [-0.2, -0.15) is 5.10 Å². The molecule has 282 valence electrons. The van der Waals surface area contributed by atoms with Gasteiger partial charge in [-0.15, -0.1) is 0 Å². The molecule has 4 heterocycles. The van der Waals surface area contributed by atoms with Gasteiger partial charge in [-0.25, -0.2) is 0 Å². The fourth-order valence-electron chi connectivity index (χ4n) is 8.64. The number of aromatic hydroxyl groups is 1. The molecule has 9 rings (SSSR count). The molecule has 4 amide bonds. The average Bonchev–Trinajstić information content (AvgIpc) is 3.79. The lowest BCUT2D eigenvalue weighted by Crippen LogP contribution is -2.54. The number of aromatic nitrogens is 2. The van der Waals surface area contributed by atoms with E-state index in [2.05, 4.69) is 74.9 Å². The molecule has 0 radical (unpaired) electrons. The molecule has 1 aromatic heterocycles. The number of nitrogens with one attached hydrogen (secondary N) is 1. The molecule has 0 bridgehead atoms. The summed E-state index contributed by atoms with van der Waals surface area (Å²) < 4.78 is 2.01. The van der Waals surface area contributed by atoms with Crippen molar-refractivity contribution in [3.05, 3.63) is 137 Å². The predicted octanol–water partition coefficient (Wildman–Crippen LogP) is 5.77. The Bertz CT molecular complexity index is 2390. The molecule has 4 aliphatic rings. The van der Waals surface area contributed by atoms with Crippen molar-refractivity contribution < 1.29 is 24.3 Å². The maximum atomic E-state index is 13.3. The topological polar surface area (TPSA) is 128 Å². The molecule has 11 heteroatoms. The third-order valence-electron chi connectivity index (χ3n) is 11.6. The van der Waals surface area contributed by atoms with Crippen LogP contribution in [0.1, 0.15) is 68.7 Å². The van der Waals surface area contributed by atoms with Gasteiger partial charge >= 0.3 is 0 Å². The standard InChI is InChI=1S/C45H42N6O5/c52-35-13-16-37-32(25-35)11-14-36(30-5-2-1-3-6-30)42(37)31-9-7-29(8-10-31)33-27-46-50(28-33)20-4-19-48-21-23-49(24-22-48)34-12-15-38-39(26-34)45(56)51(44(38)55)40-17-18-41(53)47-43(40)54/h1-3,5-10,12-13,15-16,25-28,40,52H,4,11,14,17-24H2,(H,47,53,54). The number of piperazine rings is 1. The number of allylic oxidation sites excluding steroid dienone is 1. The number of benzene rings is 4. The highest BCUT2D eigenvalue weighted by atomic mass is 16.3. The highest BCUT2D eigenvalue weighted by Gasteiger charge is 2.44. The number of phenols is 1. The summed E-state index contributed by atoms with van der Waals surface area (Å²) in [5.74, 6) is -1.66. The number of phenolic OH excluding ortho intramolecular Hbond substituents is 1. The van der Waals surface area contributed by atoms with Crippen LogP contribution in [0.3, 0.4) is 0 Å². The van der Waals surface area contributed by atoms with Crippen LogP contribution in [0.2, 0.25) is 0 Å². The quantitative estimate of drug-likeness (QED) is 0.182. The zero-order valence-corrected chi connectivity index (χ0v) is 31.0. The van der Waals surface area contributed by atoms with Crippen LogP contribution in [-0.2, 0) is 22.6 Å². The Balaban J connectivity index is 0.799. The number of anilines is 1. The summed E-state index contributed by atoms with van der Waals surface area (Å²) in [4.78, 5) is 56.1. The largest absolute Gasteiger partial charge is 0.508 e. The van der Waals surface area contributed by atoms with Crippen molar-refractivity contribution in [1.82, 2.24) is 24.9 Å². The third-order valence-corrected chi connectivity index (χ3v) is 11.6. The van der Waals surface area contributed by atoms with Crippen molar-refractivity contribution in [2.75, 3.05) is 37.6 Å². The summed E-state index contributed by atoms with van der Waals surface area (Å²) in [6, 6.07) is 29.4. The minimum Gasteiger partial charge on any atom is -0.508 e. The summed E-state index contributed by atoms with van der Waals surface area (Å²) in [6.45, 7) is 5.07. The fourth-order valence-corrected chi connectivity index (χ4v) is 8.64. The molecule has 1 unspecified atom stereocenters. The first-order valence-corrected chi connectivity index (χ1v) is 19.4. The van der Waals surface area contributed by atoms with Crippen LogP contribution in [0.25, 0.3) is 22.3 Å². The van der Waals surface area contributed by atoms with Crippen LogP contribution < -0.4 is 10.2 Å². The molecule has 2 saturated heterocycles. The molecule has 1 aliphatic carbocycles. The number of carbonyl (C=O) groups excluding carboxylic acids is 4. The Labute approximate surface area is 324 Å². The van der Waals surface area contributed by atoms with Crippen LogP contribution in [0.15, 0.2) is 103 Å². The van der Waals surface area contributed by atoms with E-state index in [0.717, 1.165) is 85.8 Å². The molecule has 4 aromatic carbocycles. The van der Waals surface area contributed by atoms with E-state index < -0.39 is 23.8 Å². The van der Waals surface area contributed by atoms with Crippen molar-refractivity contribution >= 4 is 40.5 Å². The predicted molar refractivity (Wildman–Crippen MR) is 213 cm³/mol. The summed E-state index contributed by atoms with van der Waals surface area (Å²) in [5, 5.41) is 17.1. The van der Waals surface area contributed by atoms with Gasteiger partial charge in [-0.3, -0.25) is 39.0 Å².